The Bertz CT molecular complexity index is 1830. The van der Waals surface area contributed by atoms with E-state index in [4.69, 9.17) is 16.6 Å². The molecule has 0 spiro atoms. The monoisotopic (exact) mass is 686 g/mol. The second kappa shape index (κ2) is 16.7. The molecule has 1 atom stereocenters. The van der Waals surface area contributed by atoms with E-state index in [2.05, 4.69) is 46.1 Å². The van der Waals surface area contributed by atoms with Gasteiger partial charge >= 0.3 is 0 Å². The number of carbonyl (C=O) groups excluding carboxylic acids is 1. The summed E-state index contributed by atoms with van der Waals surface area (Å²) >= 11 is 7.41. The number of hydrogen-bond acceptors (Lipinski definition) is 6. The highest BCUT2D eigenvalue weighted by atomic mass is 35.5. The van der Waals surface area contributed by atoms with Gasteiger partial charge in [0.05, 0.1) is 18.3 Å². The van der Waals surface area contributed by atoms with Crippen LogP contribution in [0.5, 0.6) is 0 Å². The molecule has 0 bridgehead atoms. The fourth-order valence-corrected chi connectivity index (χ4v) is 6.53. The predicted molar refractivity (Wildman–Crippen MR) is 191 cm³/mol. The minimum atomic E-state index is -0.344. The molecule has 11 heteroatoms. The van der Waals surface area contributed by atoms with Crippen molar-refractivity contribution in [3.8, 4) is 11.1 Å². The van der Waals surface area contributed by atoms with Crippen LogP contribution >= 0.6 is 23.4 Å². The van der Waals surface area contributed by atoms with Gasteiger partial charge in [-0.1, -0.05) is 92.7 Å². The normalized spacial score (nSPS) is 12.0. The summed E-state index contributed by atoms with van der Waals surface area (Å²) in [7, 11) is 0. The average molecular weight is 687 g/mol. The largest absolute Gasteiger partial charge is 0.337 e. The van der Waals surface area contributed by atoms with Gasteiger partial charge in [0, 0.05) is 48.1 Å². The highest BCUT2D eigenvalue weighted by molar-refractivity contribution is 7.98. The van der Waals surface area contributed by atoms with Gasteiger partial charge in [-0.05, 0) is 65.2 Å². The number of halogens is 2. The van der Waals surface area contributed by atoms with E-state index in [9.17, 15) is 14.0 Å². The zero-order valence-electron chi connectivity index (χ0n) is 27.4. The summed E-state index contributed by atoms with van der Waals surface area (Å²) in [5.41, 5.74) is 5.42. The molecular weight excluding hydrogens is 647 g/mol. The Morgan fingerprint density at radius 2 is 1.58 bits per heavy atom. The molecule has 1 unspecified atom stereocenters. The summed E-state index contributed by atoms with van der Waals surface area (Å²) in [6, 6.07) is 22.1. The molecule has 3 aromatic carbocycles. The van der Waals surface area contributed by atoms with Gasteiger partial charge in [0.25, 0.3) is 5.56 Å². The summed E-state index contributed by atoms with van der Waals surface area (Å²) in [5, 5.41) is 7.97. The van der Waals surface area contributed by atoms with E-state index in [0.717, 1.165) is 47.5 Å². The Morgan fingerprint density at radius 3 is 2.21 bits per heavy atom. The van der Waals surface area contributed by atoms with E-state index in [1.807, 2.05) is 48.2 Å². The van der Waals surface area contributed by atoms with Gasteiger partial charge in [0.2, 0.25) is 5.91 Å². The molecule has 0 fully saturated rings. The number of aromatic nitrogens is 4. The summed E-state index contributed by atoms with van der Waals surface area (Å²) in [5.74, 6) is -0.285. The van der Waals surface area contributed by atoms with Gasteiger partial charge in [0.15, 0.2) is 5.16 Å². The molecular formula is C37H40ClFN6O2S. The highest BCUT2D eigenvalue weighted by Gasteiger charge is 2.25. The van der Waals surface area contributed by atoms with Crippen molar-refractivity contribution < 1.29 is 9.18 Å². The quantitative estimate of drug-likeness (QED) is 0.0886. The van der Waals surface area contributed by atoms with E-state index < -0.39 is 0 Å². The van der Waals surface area contributed by atoms with Gasteiger partial charge in [-0.25, -0.2) is 9.37 Å². The lowest BCUT2D eigenvalue weighted by Crippen LogP contribution is -2.39. The number of aromatic amines is 2. The third kappa shape index (κ3) is 9.21. The number of rotatable bonds is 15. The number of hydrogen-bond donors (Lipinski definition) is 2. The van der Waals surface area contributed by atoms with Crippen LogP contribution in [-0.4, -0.2) is 62.1 Å². The molecule has 0 saturated heterocycles. The Hall–Kier alpha value is -4.25. The first-order valence-electron chi connectivity index (χ1n) is 16.1. The second-order valence-electron chi connectivity index (χ2n) is 11.6. The van der Waals surface area contributed by atoms with Crippen molar-refractivity contribution in [2.75, 3.05) is 26.2 Å². The third-order valence-electron chi connectivity index (χ3n) is 8.51. The molecule has 2 aromatic heterocycles. The van der Waals surface area contributed by atoms with Gasteiger partial charge in [-0.2, -0.15) is 5.10 Å². The van der Waals surface area contributed by atoms with Crippen LogP contribution in [0.15, 0.2) is 95.1 Å². The standard InChI is InChI=1S/C37H40ClFN6O2S/c1-4-44(5-2)18-19-45(23-26-6-10-28(11-7-26)29-12-14-31(38)15-13-29)34(46)20-33-35(25(3)30-21-40-41-22-30)36(47)43-37(42-33)48-24-27-8-16-32(39)17-9-27/h6-17,21-22,25H,4-5,18-20,23-24H2,1-3H3,(H,40,41)(H,42,43,47). The first kappa shape index (κ1) is 35.1. The molecule has 2 N–H and O–H groups in total. The van der Waals surface area contributed by atoms with Crippen molar-refractivity contribution >= 4 is 29.3 Å². The molecule has 5 rings (SSSR count). The molecule has 0 aliphatic carbocycles. The summed E-state index contributed by atoms with van der Waals surface area (Å²) < 4.78 is 13.4. The van der Waals surface area contributed by atoms with E-state index in [0.29, 0.717) is 40.3 Å². The van der Waals surface area contributed by atoms with Crippen LogP contribution in [0, 0.1) is 5.82 Å². The maximum Gasteiger partial charge on any atom is 0.255 e. The first-order valence-corrected chi connectivity index (χ1v) is 17.4. The number of benzene rings is 3. The minimum absolute atomic E-state index is 0.0351. The lowest BCUT2D eigenvalue weighted by molar-refractivity contribution is -0.131. The fraction of sp³-hybridized carbons (Fsp3) is 0.297. The van der Waals surface area contributed by atoms with Crippen molar-refractivity contribution in [1.29, 1.82) is 0 Å². The predicted octanol–water partition coefficient (Wildman–Crippen LogP) is 7.31. The molecule has 5 aromatic rings. The maximum absolute atomic E-state index is 14.2. The number of nitrogens with zero attached hydrogens (tertiary/aromatic N) is 4. The molecule has 48 heavy (non-hydrogen) atoms. The Labute approximate surface area is 289 Å². The zero-order chi connectivity index (χ0) is 34.0. The van der Waals surface area contributed by atoms with Crippen molar-refractivity contribution in [2.24, 2.45) is 0 Å². The molecule has 0 aliphatic rings. The van der Waals surface area contributed by atoms with E-state index in [1.165, 1.54) is 23.9 Å². The average Bonchev–Trinajstić information content (AvgIpc) is 3.64. The van der Waals surface area contributed by atoms with Gasteiger partial charge in [0.1, 0.15) is 5.82 Å². The second-order valence-corrected chi connectivity index (χ2v) is 13.0. The topological polar surface area (TPSA) is 98.0 Å². The van der Waals surface area contributed by atoms with Gasteiger partial charge < -0.3 is 14.8 Å². The first-order chi connectivity index (χ1) is 23.2. The van der Waals surface area contributed by atoms with E-state index in [1.54, 1.807) is 24.5 Å². The van der Waals surface area contributed by atoms with Crippen molar-refractivity contribution in [3.63, 3.8) is 0 Å². The number of carbonyl (C=O) groups is 1. The lowest BCUT2D eigenvalue weighted by Gasteiger charge is -2.27. The lowest BCUT2D eigenvalue weighted by atomic mass is 9.94. The smallest absolute Gasteiger partial charge is 0.255 e. The van der Waals surface area contributed by atoms with Gasteiger partial charge in [-0.3, -0.25) is 14.7 Å². The van der Waals surface area contributed by atoms with Crippen molar-refractivity contribution in [1.82, 2.24) is 30.0 Å². The van der Waals surface area contributed by atoms with E-state index >= 15 is 0 Å². The van der Waals surface area contributed by atoms with Crippen LogP contribution in [-0.2, 0) is 23.5 Å². The number of H-pyrrole nitrogens is 2. The third-order valence-corrected chi connectivity index (χ3v) is 9.71. The zero-order valence-corrected chi connectivity index (χ0v) is 29.0. The van der Waals surface area contributed by atoms with Crippen LogP contribution in [0.2, 0.25) is 5.02 Å². The molecule has 2 heterocycles. The molecule has 1 amide bonds. The highest BCUT2D eigenvalue weighted by Crippen LogP contribution is 2.27. The molecule has 8 nitrogen and oxygen atoms in total. The summed E-state index contributed by atoms with van der Waals surface area (Å²) in [4.78, 5) is 39.7. The SMILES string of the molecule is CCN(CC)CCN(Cc1ccc(-c2ccc(Cl)cc2)cc1)C(=O)Cc1nc(SCc2ccc(F)cc2)[nH]c(=O)c1C(C)c1cn[nH]c1. The summed E-state index contributed by atoms with van der Waals surface area (Å²) in [6.07, 6.45) is 3.39. The van der Waals surface area contributed by atoms with Crippen LogP contribution in [0.4, 0.5) is 4.39 Å². The van der Waals surface area contributed by atoms with E-state index in [-0.39, 0.29) is 29.6 Å². The number of amides is 1. The Kier molecular flexibility index (Phi) is 12.2. The Balaban J connectivity index is 1.42. The number of nitrogens with one attached hydrogen (secondary N) is 2. The summed E-state index contributed by atoms with van der Waals surface area (Å²) in [6.45, 7) is 9.57. The van der Waals surface area contributed by atoms with Crippen LogP contribution in [0.1, 0.15) is 54.6 Å². The maximum atomic E-state index is 14.2. The van der Waals surface area contributed by atoms with Crippen LogP contribution in [0.3, 0.4) is 0 Å². The van der Waals surface area contributed by atoms with Gasteiger partial charge in [-0.15, -0.1) is 0 Å². The molecule has 250 valence electrons. The van der Waals surface area contributed by atoms with Crippen LogP contribution in [0.25, 0.3) is 11.1 Å². The Morgan fingerprint density at radius 1 is 0.938 bits per heavy atom. The van der Waals surface area contributed by atoms with Crippen LogP contribution < -0.4 is 5.56 Å². The number of likely N-dealkylation sites (N-methyl/N-ethyl adjacent to an activating group) is 1. The molecule has 0 aliphatic heterocycles. The number of thioether (sulfide) groups is 1. The van der Waals surface area contributed by atoms with Crippen molar-refractivity contribution in [3.05, 3.63) is 134 Å². The molecule has 0 saturated carbocycles. The van der Waals surface area contributed by atoms with Crippen molar-refractivity contribution in [2.45, 2.75) is 50.6 Å². The molecule has 0 radical (unpaired) electrons. The minimum Gasteiger partial charge on any atom is -0.337 e. The fourth-order valence-electron chi connectivity index (χ4n) is 5.57.